The van der Waals surface area contributed by atoms with Crippen molar-refractivity contribution in [3.63, 3.8) is 0 Å². The summed E-state index contributed by atoms with van der Waals surface area (Å²) in [6.07, 6.45) is 4.04. The number of amides is 1. The lowest BCUT2D eigenvalue weighted by molar-refractivity contribution is 0.0736. The smallest absolute Gasteiger partial charge is 0.258 e. The standard InChI is InChI=1S/C18H16ClN3O2/c1-10-7-21-17(23)15-14(8-20-16(10)15)18(24)22-5-4-11-6-13(19)3-2-12(11)9-22/h2-3,6-8,20H,4-5,9H2,1H3,(H,21,23). The fourth-order valence-corrected chi connectivity index (χ4v) is 3.52. The average Bonchev–Trinajstić information content (AvgIpc) is 3.03. The second kappa shape index (κ2) is 5.53. The van der Waals surface area contributed by atoms with Crippen molar-refractivity contribution in [3.05, 3.63) is 68.2 Å². The van der Waals surface area contributed by atoms with E-state index in [1.54, 1.807) is 17.3 Å². The highest BCUT2D eigenvalue weighted by molar-refractivity contribution is 6.30. The molecule has 3 heterocycles. The van der Waals surface area contributed by atoms with Crippen molar-refractivity contribution in [3.8, 4) is 0 Å². The van der Waals surface area contributed by atoms with E-state index in [2.05, 4.69) is 9.97 Å². The first-order valence-electron chi connectivity index (χ1n) is 7.80. The van der Waals surface area contributed by atoms with Gasteiger partial charge in [0.15, 0.2) is 0 Å². The minimum atomic E-state index is -0.246. The number of hydrogen-bond acceptors (Lipinski definition) is 2. The summed E-state index contributed by atoms with van der Waals surface area (Å²) in [6.45, 7) is 3.04. The van der Waals surface area contributed by atoms with Gasteiger partial charge < -0.3 is 14.9 Å². The fraction of sp³-hybridized carbons (Fsp3) is 0.222. The molecule has 2 N–H and O–H groups in total. The van der Waals surface area contributed by atoms with Crippen LogP contribution in [0.2, 0.25) is 5.02 Å². The number of H-pyrrole nitrogens is 2. The molecule has 2 aromatic heterocycles. The molecule has 0 spiro atoms. The monoisotopic (exact) mass is 341 g/mol. The minimum absolute atomic E-state index is 0.127. The first kappa shape index (κ1) is 15.0. The predicted molar refractivity (Wildman–Crippen MR) is 93.6 cm³/mol. The Kier molecular flexibility index (Phi) is 3.46. The molecule has 24 heavy (non-hydrogen) atoms. The number of pyridine rings is 1. The molecule has 0 fully saturated rings. The van der Waals surface area contributed by atoms with E-state index in [1.165, 1.54) is 5.56 Å². The van der Waals surface area contributed by atoms with Crippen molar-refractivity contribution >= 4 is 28.4 Å². The number of rotatable bonds is 1. The van der Waals surface area contributed by atoms with Crippen LogP contribution in [0, 0.1) is 6.92 Å². The number of fused-ring (bicyclic) bond motifs is 2. The molecule has 0 saturated heterocycles. The number of nitrogens with zero attached hydrogens (tertiary/aromatic N) is 1. The third kappa shape index (κ3) is 2.32. The number of benzene rings is 1. The molecule has 122 valence electrons. The number of hydrogen-bond donors (Lipinski definition) is 2. The van der Waals surface area contributed by atoms with Gasteiger partial charge in [0.1, 0.15) is 0 Å². The van der Waals surface area contributed by atoms with E-state index in [4.69, 9.17) is 11.6 Å². The predicted octanol–water partition coefficient (Wildman–Crippen LogP) is 3.02. The first-order valence-corrected chi connectivity index (χ1v) is 8.18. The largest absolute Gasteiger partial charge is 0.360 e. The van der Waals surface area contributed by atoms with E-state index in [9.17, 15) is 9.59 Å². The van der Waals surface area contributed by atoms with Crippen LogP contribution in [0.15, 0.2) is 35.4 Å². The molecule has 1 aromatic carbocycles. The summed E-state index contributed by atoms with van der Waals surface area (Å²) in [6, 6.07) is 5.76. The highest BCUT2D eigenvalue weighted by atomic mass is 35.5. The van der Waals surface area contributed by atoms with Crippen LogP contribution >= 0.6 is 11.6 Å². The van der Waals surface area contributed by atoms with Gasteiger partial charge in [0.05, 0.1) is 16.5 Å². The molecular formula is C18H16ClN3O2. The normalized spacial score (nSPS) is 14.0. The van der Waals surface area contributed by atoms with Gasteiger partial charge in [-0.25, -0.2) is 0 Å². The zero-order valence-electron chi connectivity index (χ0n) is 13.1. The van der Waals surface area contributed by atoms with Crippen molar-refractivity contribution in [2.75, 3.05) is 6.54 Å². The number of halogens is 1. The highest BCUT2D eigenvalue weighted by Crippen LogP contribution is 2.25. The molecule has 0 saturated carbocycles. The van der Waals surface area contributed by atoms with Crippen LogP contribution in [0.1, 0.15) is 27.0 Å². The molecule has 6 heteroatoms. The van der Waals surface area contributed by atoms with Crippen LogP contribution in [0.4, 0.5) is 0 Å². The van der Waals surface area contributed by atoms with Gasteiger partial charge in [-0.2, -0.15) is 0 Å². The Morgan fingerprint density at radius 3 is 2.88 bits per heavy atom. The molecule has 0 atom stereocenters. The Morgan fingerprint density at radius 1 is 1.21 bits per heavy atom. The summed E-state index contributed by atoms with van der Waals surface area (Å²) in [4.78, 5) is 32.6. The van der Waals surface area contributed by atoms with Crippen molar-refractivity contribution in [1.29, 1.82) is 0 Å². The van der Waals surface area contributed by atoms with Crippen LogP contribution in [0.5, 0.6) is 0 Å². The maximum atomic E-state index is 12.9. The molecule has 1 amide bonds. The molecule has 1 aliphatic heterocycles. The number of carbonyl (C=O) groups excluding carboxylic acids is 1. The zero-order valence-corrected chi connectivity index (χ0v) is 13.9. The topological polar surface area (TPSA) is 69.0 Å². The van der Waals surface area contributed by atoms with Crippen LogP contribution in [0.3, 0.4) is 0 Å². The Hall–Kier alpha value is -2.53. The van der Waals surface area contributed by atoms with E-state index in [0.717, 1.165) is 17.5 Å². The molecular weight excluding hydrogens is 326 g/mol. The third-order valence-corrected chi connectivity index (χ3v) is 4.85. The SMILES string of the molecule is Cc1c[nH]c(=O)c2c(C(=O)N3CCc4cc(Cl)ccc4C3)c[nH]c12. The summed E-state index contributed by atoms with van der Waals surface area (Å²) in [5.41, 5.74) is 4.08. The Labute approximate surface area is 143 Å². The van der Waals surface area contributed by atoms with Gasteiger partial charge in [0.25, 0.3) is 11.5 Å². The Morgan fingerprint density at radius 2 is 2.04 bits per heavy atom. The number of carbonyl (C=O) groups is 1. The van der Waals surface area contributed by atoms with Gasteiger partial charge >= 0.3 is 0 Å². The molecule has 5 nitrogen and oxygen atoms in total. The van der Waals surface area contributed by atoms with Gasteiger partial charge in [0.2, 0.25) is 0 Å². The van der Waals surface area contributed by atoms with Crippen molar-refractivity contribution < 1.29 is 4.79 Å². The molecule has 0 bridgehead atoms. The molecule has 0 unspecified atom stereocenters. The number of aryl methyl sites for hydroxylation is 1. The van der Waals surface area contributed by atoms with Crippen LogP contribution in [-0.2, 0) is 13.0 Å². The maximum Gasteiger partial charge on any atom is 0.258 e. The molecule has 0 radical (unpaired) electrons. The van der Waals surface area contributed by atoms with Crippen LogP contribution < -0.4 is 5.56 Å². The van der Waals surface area contributed by atoms with Gasteiger partial charge in [-0.3, -0.25) is 9.59 Å². The highest BCUT2D eigenvalue weighted by Gasteiger charge is 2.25. The average molecular weight is 342 g/mol. The van der Waals surface area contributed by atoms with Gasteiger partial charge in [-0.15, -0.1) is 0 Å². The number of aromatic nitrogens is 2. The van der Waals surface area contributed by atoms with Gasteiger partial charge in [0, 0.05) is 30.5 Å². The van der Waals surface area contributed by atoms with Crippen LogP contribution in [-0.4, -0.2) is 27.3 Å². The van der Waals surface area contributed by atoms with E-state index in [1.807, 2.05) is 25.1 Å². The quantitative estimate of drug-likeness (QED) is 0.714. The zero-order chi connectivity index (χ0) is 16.8. The second-order valence-corrected chi connectivity index (χ2v) is 6.58. The van der Waals surface area contributed by atoms with Crippen molar-refractivity contribution in [2.45, 2.75) is 19.9 Å². The lowest BCUT2D eigenvalue weighted by Gasteiger charge is -2.28. The molecule has 0 aliphatic carbocycles. The third-order valence-electron chi connectivity index (χ3n) is 4.62. The lowest BCUT2D eigenvalue weighted by atomic mass is 9.99. The minimum Gasteiger partial charge on any atom is -0.360 e. The van der Waals surface area contributed by atoms with Crippen molar-refractivity contribution in [1.82, 2.24) is 14.9 Å². The first-order chi connectivity index (χ1) is 11.5. The van der Waals surface area contributed by atoms with Crippen LogP contribution in [0.25, 0.3) is 10.9 Å². The maximum absolute atomic E-state index is 12.9. The summed E-state index contributed by atoms with van der Waals surface area (Å²) < 4.78 is 0. The summed E-state index contributed by atoms with van der Waals surface area (Å²) in [5.74, 6) is -0.127. The van der Waals surface area contributed by atoms with E-state index < -0.39 is 0 Å². The molecule has 1 aliphatic rings. The number of aromatic amines is 2. The van der Waals surface area contributed by atoms with E-state index in [0.29, 0.717) is 34.6 Å². The second-order valence-electron chi connectivity index (χ2n) is 6.14. The lowest BCUT2D eigenvalue weighted by Crippen LogP contribution is -2.36. The Balaban J connectivity index is 1.72. The fourth-order valence-electron chi connectivity index (χ4n) is 3.32. The van der Waals surface area contributed by atoms with Gasteiger partial charge in [-0.05, 0) is 42.2 Å². The molecule has 3 aromatic rings. The molecule has 4 rings (SSSR count). The van der Waals surface area contributed by atoms with E-state index >= 15 is 0 Å². The van der Waals surface area contributed by atoms with Gasteiger partial charge in [-0.1, -0.05) is 17.7 Å². The van der Waals surface area contributed by atoms with E-state index in [-0.39, 0.29) is 11.5 Å². The Bertz CT molecular complexity index is 1020. The summed E-state index contributed by atoms with van der Waals surface area (Å²) in [5, 5.41) is 1.15. The van der Waals surface area contributed by atoms with Crippen molar-refractivity contribution in [2.24, 2.45) is 0 Å². The summed E-state index contributed by atoms with van der Waals surface area (Å²) >= 11 is 6.03. The summed E-state index contributed by atoms with van der Waals surface area (Å²) in [7, 11) is 0. The number of nitrogens with one attached hydrogen (secondary N) is 2.